The monoisotopic (exact) mass is 488 g/mol. The summed E-state index contributed by atoms with van der Waals surface area (Å²) in [7, 11) is 0. The van der Waals surface area contributed by atoms with Gasteiger partial charge < -0.3 is 0 Å². The fraction of sp³-hybridized carbons (Fsp3) is 0.231. The lowest BCUT2D eigenvalue weighted by Crippen LogP contribution is -2.24. The zero-order chi connectivity index (χ0) is 23.5. The predicted molar refractivity (Wildman–Crippen MR) is 139 cm³/mol. The first-order chi connectivity index (χ1) is 16.6. The lowest BCUT2D eigenvalue weighted by atomic mass is 9.97. The predicted octanol–water partition coefficient (Wildman–Crippen LogP) is 4.88. The van der Waals surface area contributed by atoms with Gasteiger partial charge in [-0.05, 0) is 55.9 Å². The van der Waals surface area contributed by atoms with Crippen LogP contribution in [0.1, 0.15) is 34.4 Å². The third-order valence-corrected chi connectivity index (χ3v) is 7.91. The zero-order valence-electron chi connectivity index (χ0n) is 18.8. The Labute approximate surface area is 205 Å². The van der Waals surface area contributed by atoms with E-state index in [1.54, 1.807) is 22.1 Å². The number of aryl methyl sites for hydroxylation is 3. The average molecular weight is 489 g/mol. The van der Waals surface area contributed by atoms with Crippen molar-refractivity contribution in [1.82, 2.24) is 15.0 Å². The Morgan fingerprint density at radius 3 is 2.71 bits per heavy atom. The van der Waals surface area contributed by atoms with E-state index in [-0.39, 0.29) is 17.2 Å². The van der Waals surface area contributed by atoms with E-state index in [2.05, 4.69) is 10.5 Å². The lowest BCUT2D eigenvalue weighted by molar-refractivity contribution is -0.118. The molecular formula is C26H24N4O2S2. The summed E-state index contributed by atoms with van der Waals surface area (Å²) in [5, 5.41) is 5.30. The molecule has 0 saturated carbocycles. The first-order valence-corrected chi connectivity index (χ1v) is 13.0. The van der Waals surface area contributed by atoms with Crippen LogP contribution in [0.3, 0.4) is 0 Å². The molecule has 6 nitrogen and oxygen atoms in total. The van der Waals surface area contributed by atoms with Crippen molar-refractivity contribution < 1.29 is 4.79 Å². The van der Waals surface area contributed by atoms with Gasteiger partial charge in [-0.15, -0.1) is 11.3 Å². The van der Waals surface area contributed by atoms with Gasteiger partial charge in [0.05, 0.1) is 23.0 Å². The van der Waals surface area contributed by atoms with Crippen LogP contribution in [0.4, 0.5) is 0 Å². The smallest absolute Gasteiger partial charge is 0.267 e. The summed E-state index contributed by atoms with van der Waals surface area (Å²) < 4.78 is 1.64. The molecule has 0 atom stereocenters. The molecule has 0 unspecified atom stereocenters. The molecule has 0 saturated heterocycles. The number of nitrogens with one attached hydrogen (secondary N) is 1. The van der Waals surface area contributed by atoms with Crippen LogP contribution in [-0.4, -0.2) is 27.4 Å². The van der Waals surface area contributed by atoms with E-state index in [1.165, 1.54) is 16.6 Å². The number of amides is 1. The van der Waals surface area contributed by atoms with E-state index in [0.717, 1.165) is 58.3 Å². The molecule has 8 heteroatoms. The van der Waals surface area contributed by atoms with Crippen LogP contribution >= 0.6 is 23.1 Å². The van der Waals surface area contributed by atoms with Crippen LogP contribution in [0.25, 0.3) is 15.9 Å². The van der Waals surface area contributed by atoms with Gasteiger partial charge in [-0.3, -0.25) is 14.2 Å². The number of thiophene rings is 1. The van der Waals surface area contributed by atoms with E-state index < -0.39 is 0 Å². The fourth-order valence-corrected chi connectivity index (χ4v) is 6.19. The molecule has 1 aliphatic carbocycles. The van der Waals surface area contributed by atoms with Crippen LogP contribution < -0.4 is 11.0 Å². The van der Waals surface area contributed by atoms with Gasteiger partial charge in [-0.25, -0.2) is 10.4 Å². The molecule has 4 aromatic rings. The van der Waals surface area contributed by atoms with Gasteiger partial charge >= 0.3 is 0 Å². The second kappa shape index (κ2) is 9.95. The SMILES string of the molecule is Cc1ccc(/C=N\NC(=O)CSc2nc3sc4c(c3c(=O)n2-c2ccccc2)CCCC4)cc1. The molecule has 172 valence electrons. The van der Waals surface area contributed by atoms with Gasteiger partial charge in [0.1, 0.15) is 4.83 Å². The maximum atomic E-state index is 13.7. The fourth-order valence-electron chi connectivity index (χ4n) is 4.08. The molecular weight excluding hydrogens is 464 g/mol. The van der Waals surface area contributed by atoms with Crippen molar-refractivity contribution in [2.45, 2.75) is 37.8 Å². The van der Waals surface area contributed by atoms with Crippen LogP contribution in [0, 0.1) is 6.92 Å². The highest BCUT2D eigenvalue weighted by molar-refractivity contribution is 7.99. The normalized spacial score (nSPS) is 13.3. The number of aromatic nitrogens is 2. The highest BCUT2D eigenvalue weighted by Crippen LogP contribution is 2.35. The minimum Gasteiger partial charge on any atom is -0.272 e. The third-order valence-electron chi connectivity index (χ3n) is 5.79. The summed E-state index contributed by atoms with van der Waals surface area (Å²) in [5.74, 6) is -0.158. The molecule has 1 N–H and O–H groups in total. The Morgan fingerprint density at radius 1 is 1.15 bits per heavy atom. The van der Waals surface area contributed by atoms with Crippen LogP contribution in [0.15, 0.2) is 69.6 Å². The molecule has 0 fully saturated rings. The summed E-state index contributed by atoms with van der Waals surface area (Å²) >= 11 is 2.86. The lowest BCUT2D eigenvalue weighted by Gasteiger charge is -2.13. The van der Waals surface area contributed by atoms with Gasteiger partial charge in [0.15, 0.2) is 5.16 Å². The Kier molecular flexibility index (Phi) is 6.60. The van der Waals surface area contributed by atoms with E-state index in [1.807, 2.05) is 61.5 Å². The van der Waals surface area contributed by atoms with Crippen molar-refractivity contribution in [2.75, 3.05) is 5.75 Å². The van der Waals surface area contributed by atoms with E-state index in [9.17, 15) is 9.59 Å². The van der Waals surface area contributed by atoms with Crippen LogP contribution in [0.2, 0.25) is 0 Å². The minimum absolute atomic E-state index is 0.0594. The van der Waals surface area contributed by atoms with Crippen molar-refractivity contribution in [1.29, 1.82) is 0 Å². The number of rotatable bonds is 6. The highest BCUT2D eigenvalue weighted by Gasteiger charge is 2.23. The van der Waals surface area contributed by atoms with E-state index >= 15 is 0 Å². The largest absolute Gasteiger partial charge is 0.272 e. The Hall–Kier alpha value is -3.23. The average Bonchev–Trinajstić information content (AvgIpc) is 3.23. The number of hydrogen-bond acceptors (Lipinski definition) is 6. The molecule has 0 spiro atoms. The Bertz CT molecular complexity index is 1420. The van der Waals surface area contributed by atoms with Gasteiger partial charge in [0.25, 0.3) is 11.5 Å². The molecule has 0 bridgehead atoms. The maximum Gasteiger partial charge on any atom is 0.267 e. The molecule has 2 aromatic heterocycles. The van der Waals surface area contributed by atoms with Gasteiger partial charge in [0.2, 0.25) is 0 Å². The van der Waals surface area contributed by atoms with E-state index in [0.29, 0.717) is 5.16 Å². The number of thioether (sulfide) groups is 1. The Balaban J connectivity index is 1.41. The van der Waals surface area contributed by atoms with Crippen molar-refractivity contribution >= 4 is 45.4 Å². The molecule has 2 aromatic carbocycles. The quantitative estimate of drug-likeness (QED) is 0.182. The summed E-state index contributed by atoms with van der Waals surface area (Å²) in [5.41, 5.74) is 6.49. The minimum atomic E-state index is -0.257. The number of hydrogen-bond donors (Lipinski definition) is 1. The molecule has 2 heterocycles. The summed E-state index contributed by atoms with van der Waals surface area (Å²) in [6, 6.07) is 17.4. The number of hydrazone groups is 1. The summed E-state index contributed by atoms with van der Waals surface area (Å²) in [6.07, 6.45) is 5.79. The molecule has 1 amide bonds. The number of carbonyl (C=O) groups excluding carboxylic acids is 1. The number of carbonyl (C=O) groups is 1. The van der Waals surface area contributed by atoms with Crippen molar-refractivity contribution in [2.24, 2.45) is 5.10 Å². The molecule has 5 rings (SSSR count). The van der Waals surface area contributed by atoms with Crippen molar-refractivity contribution in [3.8, 4) is 5.69 Å². The number of benzene rings is 2. The summed E-state index contributed by atoms with van der Waals surface area (Å²) in [4.78, 5) is 33.0. The zero-order valence-corrected chi connectivity index (χ0v) is 20.4. The molecule has 0 aliphatic heterocycles. The van der Waals surface area contributed by atoms with Gasteiger partial charge in [-0.1, -0.05) is 59.8 Å². The third kappa shape index (κ3) is 4.69. The summed E-state index contributed by atoms with van der Waals surface area (Å²) in [6.45, 7) is 2.02. The molecule has 0 radical (unpaired) electrons. The van der Waals surface area contributed by atoms with Crippen LogP contribution in [0.5, 0.6) is 0 Å². The topological polar surface area (TPSA) is 76.3 Å². The number of nitrogens with zero attached hydrogens (tertiary/aromatic N) is 3. The second-order valence-electron chi connectivity index (χ2n) is 8.25. The van der Waals surface area contributed by atoms with Gasteiger partial charge in [-0.2, -0.15) is 5.10 Å². The van der Waals surface area contributed by atoms with Crippen molar-refractivity contribution in [3.63, 3.8) is 0 Å². The number of para-hydroxylation sites is 1. The molecule has 34 heavy (non-hydrogen) atoms. The van der Waals surface area contributed by atoms with Crippen LogP contribution in [-0.2, 0) is 17.6 Å². The first-order valence-electron chi connectivity index (χ1n) is 11.2. The maximum absolute atomic E-state index is 13.7. The van der Waals surface area contributed by atoms with Gasteiger partial charge in [0, 0.05) is 4.88 Å². The van der Waals surface area contributed by atoms with E-state index in [4.69, 9.17) is 4.98 Å². The van der Waals surface area contributed by atoms with Crippen molar-refractivity contribution in [3.05, 3.63) is 86.5 Å². The standard InChI is InChI=1S/C26H24N4O2S2/c1-17-11-13-18(14-12-17)15-27-29-22(31)16-33-26-28-24-23(20-9-5-6-10-21(20)34-24)25(32)30(26)19-7-3-2-4-8-19/h2-4,7-8,11-15H,5-6,9-10,16H2,1H3,(H,29,31)/b27-15-. The molecule has 1 aliphatic rings. The highest BCUT2D eigenvalue weighted by atomic mass is 32.2. The first kappa shape index (κ1) is 22.6. The number of fused-ring (bicyclic) bond motifs is 3. The second-order valence-corrected chi connectivity index (χ2v) is 10.3. The Morgan fingerprint density at radius 2 is 1.91 bits per heavy atom.